The van der Waals surface area contributed by atoms with Crippen molar-refractivity contribution in [3.05, 3.63) is 73.7 Å². The number of fused-ring (bicyclic) bond motifs is 1. The van der Waals surface area contributed by atoms with Gasteiger partial charge in [-0.15, -0.1) is 0 Å². The van der Waals surface area contributed by atoms with Crippen molar-refractivity contribution in [3.63, 3.8) is 0 Å². The number of aryl methyl sites for hydroxylation is 1. The molecule has 0 bridgehead atoms. The molecular formula is C17H13ClN2O6. The highest BCUT2D eigenvalue weighted by Crippen LogP contribution is 2.23. The number of hydrogen-bond donors (Lipinski definition) is 0. The number of nitrogens with zero attached hydrogens (tertiary/aromatic N) is 2. The monoisotopic (exact) mass is 376 g/mol. The van der Waals surface area contributed by atoms with Crippen LogP contribution in [0.5, 0.6) is 0 Å². The zero-order valence-corrected chi connectivity index (χ0v) is 14.1. The summed E-state index contributed by atoms with van der Waals surface area (Å²) in [5, 5.41) is 11.2. The number of benzene rings is 2. The third-order valence-electron chi connectivity index (χ3n) is 3.71. The number of oxazole rings is 1. The number of carbonyl (C=O) groups is 1. The second kappa shape index (κ2) is 7.40. The van der Waals surface area contributed by atoms with Gasteiger partial charge in [-0.3, -0.25) is 14.7 Å². The molecule has 0 saturated carbocycles. The molecule has 0 spiro atoms. The van der Waals surface area contributed by atoms with Gasteiger partial charge in [0, 0.05) is 17.6 Å². The number of nitro benzene ring substituents is 1. The summed E-state index contributed by atoms with van der Waals surface area (Å²) in [6.07, 6.45) is 0.337. The van der Waals surface area contributed by atoms with E-state index in [1.165, 1.54) is 16.7 Å². The lowest BCUT2D eigenvalue weighted by atomic mass is 10.2. The van der Waals surface area contributed by atoms with Gasteiger partial charge in [0.2, 0.25) is 0 Å². The van der Waals surface area contributed by atoms with Crippen LogP contribution < -0.4 is 5.76 Å². The van der Waals surface area contributed by atoms with E-state index < -0.39 is 16.6 Å². The third kappa shape index (κ3) is 3.60. The molecule has 0 radical (unpaired) electrons. The van der Waals surface area contributed by atoms with E-state index in [-0.39, 0.29) is 29.4 Å². The Morgan fingerprint density at radius 3 is 2.81 bits per heavy atom. The van der Waals surface area contributed by atoms with Gasteiger partial charge in [-0.05, 0) is 30.7 Å². The molecule has 0 unspecified atom stereocenters. The molecular weight excluding hydrogens is 364 g/mol. The molecule has 3 rings (SSSR count). The number of nitro groups is 1. The molecule has 3 aromatic rings. The molecule has 0 aliphatic carbocycles. The standard InChI is InChI=1S/C17H13ClN2O6/c18-11-6-7-13(20(23)24)12(10-11)16(21)25-9-3-8-19-14-4-1-2-5-15(14)26-17(19)22/h1-2,4-7,10H,3,8-9H2. The first kappa shape index (κ1) is 17.7. The molecule has 134 valence electrons. The van der Waals surface area contributed by atoms with Gasteiger partial charge in [0.15, 0.2) is 5.58 Å². The molecule has 9 heteroatoms. The van der Waals surface area contributed by atoms with Crippen LogP contribution in [0.4, 0.5) is 5.69 Å². The van der Waals surface area contributed by atoms with E-state index in [0.717, 1.165) is 6.07 Å². The first-order chi connectivity index (χ1) is 12.5. The fourth-order valence-electron chi connectivity index (χ4n) is 2.52. The molecule has 1 heterocycles. The SMILES string of the molecule is O=C(OCCCn1c(=O)oc2ccccc21)c1cc(Cl)ccc1[N+](=O)[O-]. The van der Waals surface area contributed by atoms with Crippen molar-refractivity contribution in [1.29, 1.82) is 0 Å². The Labute approximate surface area is 151 Å². The van der Waals surface area contributed by atoms with E-state index in [1.54, 1.807) is 24.3 Å². The highest BCUT2D eigenvalue weighted by atomic mass is 35.5. The maximum atomic E-state index is 12.1. The Balaban J connectivity index is 1.64. The number of para-hydroxylation sites is 2. The number of halogens is 1. The van der Waals surface area contributed by atoms with Crippen LogP contribution in [0.15, 0.2) is 51.7 Å². The van der Waals surface area contributed by atoms with Crippen LogP contribution in [0, 0.1) is 10.1 Å². The lowest BCUT2D eigenvalue weighted by molar-refractivity contribution is -0.385. The Kier molecular flexibility index (Phi) is 5.04. The van der Waals surface area contributed by atoms with E-state index >= 15 is 0 Å². The van der Waals surface area contributed by atoms with Crippen molar-refractivity contribution < 1.29 is 18.9 Å². The van der Waals surface area contributed by atoms with Crippen LogP contribution in [0.1, 0.15) is 16.8 Å². The fourth-order valence-corrected chi connectivity index (χ4v) is 2.69. The zero-order valence-electron chi connectivity index (χ0n) is 13.4. The summed E-state index contributed by atoms with van der Waals surface area (Å²) in [6, 6.07) is 10.6. The lowest BCUT2D eigenvalue weighted by Gasteiger charge is -2.06. The number of rotatable bonds is 6. The quantitative estimate of drug-likeness (QED) is 0.282. The molecule has 0 atom stereocenters. The molecule has 0 amide bonds. The van der Waals surface area contributed by atoms with Crippen LogP contribution in [0.25, 0.3) is 11.1 Å². The molecule has 8 nitrogen and oxygen atoms in total. The minimum atomic E-state index is -0.844. The average molecular weight is 377 g/mol. The fraction of sp³-hybridized carbons (Fsp3) is 0.176. The molecule has 0 N–H and O–H groups in total. The van der Waals surface area contributed by atoms with Crippen LogP contribution >= 0.6 is 11.6 Å². The lowest BCUT2D eigenvalue weighted by Crippen LogP contribution is -2.16. The van der Waals surface area contributed by atoms with E-state index in [4.69, 9.17) is 20.8 Å². The van der Waals surface area contributed by atoms with E-state index in [0.29, 0.717) is 17.5 Å². The van der Waals surface area contributed by atoms with Gasteiger partial charge in [-0.1, -0.05) is 23.7 Å². The largest absolute Gasteiger partial charge is 0.462 e. The summed E-state index contributed by atoms with van der Waals surface area (Å²) in [7, 11) is 0. The molecule has 0 saturated heterocycles. The summed E-state index contributed by atoms with van der Waals surface area (Å²) in [6.45, 7) is 0.259. The predicted octanol–water partition coefficient (Wildman–Crippen LogP) is 3.40. The van der Waals surface area contributed by atoms with Crippen molar-refractivity contribution in [3.8, 4) is 0 Å². The van der Waals surface area contributed by atoms with Crippen molar-refractivity contribution >= 4 is 34.4 Å². The van der Waals surface area contributed by atoms with Gasteiger partial charge in [0.1, 0.15) is 5.56 Å². The molecule has 26 heavy (non-hydrogen) atoms. The van der Waals surface area contributed by atoms with Crippen molar-refractivity contribution in [2.24, 2.45) is 0 Å². The normalized spacial score (nSPS) is 10.8. The van der Waals surface area contributed by atoms with Crippen LogP contribution in [-0.4, -0.2) is 22.1 Å². The smallest absolute Gasteiger partial charge is 0.419 e. The predicted molar refractivity (Wildman–Crippen MR) is 93.5 cm³/mol. The first-order valence-corrected chi connectivity index (χ1v) is 8.04. The molecule has 1 aromatic heterocycles. The number of carbonyl (C=O) groups excluding carboxylic acids is 1. The van der Waals surface area contributed by atoms with E-state index in [2.05, 4.69) is 0 Å². The highest BCUT2D eigenvalue weighted by Gasteiger charge is 2.21. The summed E-state index contributed by atoms with van der Waals surface area (Å²) in [5.41, 5.74) is 0.531. The summed E-state index contributed by atoms with van der Waals surface area (Å²) in [4.78, 5) is 34.2. The maximum Gasteiger partial charge on any atom is 0.419 e. The Morgan fingerprint density at radius 1 is 1.27 bits per heavy atom. The number of esters is 1. The summed E-state index contributed by atoms with van der Waals surface area (Å²) < 4.78 is 11.6. The van der Waals surface area contributed by atoms with Gasteiger partial charge < -0.3 is 9.15 Å². The van der Waals surface area contributed by atoms with Gasteiger partial charge in [0.05, 0.1) is 17.0 Å². The van der Waals surface area contributed by atoms with Gasteiger partial charge in [-0.2, -0.15) is 0 Å². The minimum Gasteiger partial charge on any atom is -0.462 e. The van der Waals surface area contributed by atoms with E-state index in [9.17, 15) is 19.7 Å². The van der Waals surface area contributed by atoms with Crippen LogP contribution in [0.2, 0.25) is 5.02 Å². The van der Waals surface area contributed by atoms with Gasteiger partial charge in [0.25, 0.3) is 5.69 Å². The highest BCUT2D eigenvalue weighted by molar-refractivity contribution is 6.31. The summed E-state index contributed by atoms with van der Waals surface area (Å²) >= 11 is 5.79. The zero-order chi connectivity index (χ0) is 18.7. The number of aromatic nitrogens is 1. The molecule has 2 aromatic carbocycles. The van der Waals surface area contributed by atoms with Crippen molar-refractivity contribution in [2.45, 2.75) is 13.0 Å². The van der Waals surface area contributed by atoms with Gasteiger partial charge >= 0.3 is 11.7 Å². The Morgan fingerprint density at radius 2 is 2.04 bits per heavy atom. The number of hydrogen-bond acceptors (Lipinski definition) is 6. The topological polar surface area (TPSA) is 105 Å². The summed E-state index contributed by atoms with van der Waals surface area (Å²) in [5.74, 6) is -1.34. The van der Waals surface area contributed by atoms with Gasteiger partial charge in [-0.25, -0.2) is 9.59 Å². The third-order valence-corrected chi connectivity index (χ3v) is 3.94. The Bertz CT molecular complexity index is 1040. The second-order valence-corrected chi connectivity index (χ2v) is 5.83. The second-order valence-electron chi connectivity index (χ2n) is 5.40. The number of ether oxygens (including phenoxy) is 1. The Hall–Kier alpha value is -3.13. The minimum absolute atomic E-state index is 0.0194. The maximum absolute atomic E-state index is 12.1. The van der Waals surface area contributed by atoms with Crippen molar-refractivity contribution in [2.75, 3.05) is 6.61 Å². The van der Waals surface area contributed by atoms with Crippen LogP contribution in [-0.2, 0) is 11.3 Å². The first-order valence-electron chi connectivity index (χ1n) is 7.67. The van der Waals surface area contributed by atoms with E-state index in [1.807, 2.05) is 0 Å². The molecule has 0 fully saturated rings. The van der Waals surface area contributed by atoms with Crippen LogP contribution in [0.3, 0.4) is 0 Å². The molecule has 0 aliphatic heterocycles. The average Bonchev–Trinajstić information content (AvgIpc) is 2.93. The molecule has 0 aliphatic rings. The van der Waals surface area contributed by atoms with Crippen molar-refractivity contribution in [1.82, 2.24) is 4.57 Å².